The maximum absolute atomic E-state index is 10.8. The van der Waals surface area contributed by atoms with Gasteiger partial charge in [-0.05, 0) is 76.0 Å². The number of carboxylic acid groups (broad SMARTS) is 1. The van der Waals surface area contributed by atoms with E-state index in [0.717, 1.165) is 25.7 Å². The Morgan fingerprint density at radius 2 is 1.77 bits per heavy atom. The van der Waals surface area contributed by atoms with Crippen molar-refractivity contribution >= 4 is 17.6 Å². The van der Waals surface area contributed by atoms with Gasteiger partial charge in [0.15, 0.2) is 0 Å². The Morgan fingerprint density at radius 1 is 1.13 bits per heavy atom. The molecule has 31 heavy (non-hydrogen) atoms. The van der Waals surface area contributed by atoms with Crippen LogP contribution in [0.4, 0.5) is 0 Å². The Morgan fingerprint density at radius 3 is 2.42 bits per heavy atom. The number of rotatable bonds is 13. The van der Waals surface area contributed by atoms with Gasteiger partial charge in [0.2, 0.25) is 0 Å². The van der Waals surface area contributed by atoms with Gasteiger partial charge in [-0.1, -0.05) is 36.9 Å². The van der Waals surface area contributed by atoms with Crippen LogP contribution in [-0.2, 0) is 4.79 Å². The van der Waals surface area contributed by atoms with Crippen LogP contribution in [0.15, 0.2) is 24.3 Å². The molecule has 5 atom stereocenters. The number of aliphatic carboxylic acids is 1. The van der Waals surface area contributed by atoms with Crippen LogP contribution < -0.4 is 4.74 Å². The number of carbonyl (C=O) groups is 1. The number of carboxylic acids is 1. The molecular formula is C24H37ClO6. The van der Waals surface area contributed by atoms with Crippen LogP contribution in [0.3, 0.4) is 0 Å². The van der Waals surface area contributed by atoms with E-state index >= 15 is 0 Å². The lowest BCUT2D eigenvalue weighted by atomic mass is 9.83. The predicted octanol–water partition coefficient (Wildman–Crippen LogP) is 4.42. The smallest absolute Gasteiger partial charge is 0.303 e. The van der Waals surface area contributed by atoms with Gasteiger partial charge in [-0.15, -0.1) is 0 Å². The summed E-state index contributed by atoms with van der Waals surface area (Å²) in [5, 5.41) is 40.9. The molecule has 4 N–H and O–H groups in total. The van der Waals surface area contributed by atoms with Gasteiger partial charge in [-0.2, -0.15) is 0 Å². The van der Waals surface area contributed by atoms with E-state index in [4.69, 9.17) is 21.4 Å². The van der Waals surface area contributed by atoms with Crippen molar-refractivity contribution in [2.45, 2.75) is 95.5 Å². The molecule has 6 nitrogen and oxygen atoms in total. The van der Waals surface area contributed by atoms with E-state index in [1.54, 1.807) is 24.3 Å². The molecule has 0 amide bonds. The molecule has 0 bridgehead atoms. The summed E-state index contributed by atoms with van der Waals surface area (Å²) >= 11 is 6.01. The second kappa shape index (κ2) is 12.0. The van der Waals surface area contributed by atoms with Crippen LogP contribution in [-0.4, -0.2) is 50.3 Å². The molecule has 1 aliphatic carbocycles. The third-order valence-corrected chi connectivity index (χ3v) is 6.69. The summed E-state index contributed by atoms with van der Waals surface area (Å²) in [6, 6.07) is 7.06. The van der Waals surface area contributed by atoms with Crippen LogP contribution in [0.25, 0.3) is 0 Å². The fourth-order valence-corrected chi connectivity index (χ4v) is 4.77. The minimum absolute atomic E-state index is 0.00126. The average Bonchev–Trinajstić information content (AvgIpc) is 2.94. The monoisotopic (exact) mass is 456 g/mol. The summed E-state index contributed by atoms with van der Waals surface area (Å²) in [4.78, 5) is 10.6. The van der Waals surface area contributed by atoms with Crippen molar-refractivity contribution in [3.8, 4) is 5.75 Å². The second-order valence-electron chi connectivity index (χ2n) is 9.30. The first-order valence-corrected chi connectivity index (χ1v) is 11.7. The topological polar surface area (TPSA) is 107 Å². The quantitative estimate of drug-likeness (QED) is 0.327. The second-order valence-corrected chi connectivity index (χ2v) is 9.74. The highest BCUT2D eigenvalue weighted by Crippen LogP contribution is 2.40. The lowest BCUT2D eigenvalue weighted by Crippen LogP contribution is -2.42. The molecule has 1 aromatic rings. The number of unbranched alkanes of at least 4 members (excludes halogenated alkanes) is 3. The summed E-state index contributed by atoms with van der Waals surface area (Å²) in [7, 11) is 0. The molecule has 1 aliphatic rings. The number of ether oxygens (including phenoxy) is 1. The van der Waals surface area contributed by atoms with Crippen molar-refractivity contribution in [1.82, 2.24) is 0 Å². The highest BCUT2D eigenvalue weighted by Gasteiger charge is 2.42. The largest absolute Gasteiger partial charge is 0.485 e. The van der Waals surface area contributed by atoms with E-state index in [1.807, 2.05) is 13.8 Å². The highest BCUT2D eigenvalue weighted by molar-refractivity contribution is 6.30. The molecule has 7 heteroatoms. The van der Waals surface area contributed by atoms with Crippen molar-refractivity contribution in [2.75, 3.05) is 0 Å². The van der Waals surface area contributed by atoms with E-state index in [-0.39, 0.29) is 18.3 Å². The van der Waals surface area contributed by atoms with Crippen LogP contribution in [0, 0.1) is 11.8 Å². The number of benzene rings is 1. The van der Waals surface area contributed by atoms with E-state index in [2.05, 4.69) is 0 Å². The lowest BCUT2D eigenvalue weighted by molar-refractivity contribution is -0.137. The summed E-state index contributed by atoms with van der Waals surface area (Å²) in [5.74, 6) is -0.242. The van der Waals surface area contributed by atoms with Gasteiger partial charge in [0.05, 0.1) is 18.3 Å². The van der Waals surface area contributed by atoms with Crippen LogP contribution in [0.5, 0.6) is 5.75 Å². The zero-order valence-corrected chi connectivity index (χ0v) is 19.3. The first kappa shape index (κ1) is 25.9. The minimum Gasteiger partial charge on any atom is -0.485 e. The van der Waals surface area contributed by atoms with Gasteiger partial charge in [0.25, 0.3) is 0 Å². The third-order valence-electron chi connectivity index (χ3n) is 6.45. The molecule has 0 spiro atoms. The maximum Gasteiger partial charge on any atom is 0.303 e. The average molecular weight is 457 g/mol. The minimum atomic E-state index is -0.827. The van der Waals surface area contributed by atoms with Gasteiger partial charge in [0, 0.05) is 11.4 Å². The summed E-state index contributed by atoms with van der Waals surface area (Å²) < 4.78 is 5.97. The fourth-order valence-electron chi connectivity index (χ4n) is 4.59. The highest BCUT2D eigenvalue weighted by atomic mass is 35.5. The number of hydrogen-bond acceptors (Lipinski definition) is 5. The maximum atomic E-state index is 10.8. The molecule has 0 aliphatic heterocycles. The Hall–Kier alpha value is -1.34. The number of halogens is 1. The molecule has 176 valence electrons. The Labute approximate surface area is 190 Å². The van der Waals surface area contributed by atoms with Gasteiger partial charge >= 0.3 is 5.97 Å². The third kappa shape index (κ3) is 8.26. The Balaban J connectivity index is 1.83. The van der Waals surface area contributed by atoms with E-state index in [0.29, 0.717) is 36.5 Å². The number of aliphatic hydroxyl groups excluding tert-OH is 3. The van der Waals surface area contributed by atoms with Gasteiger partial charge < -0.3 is 25.2 Å². The van der Waals surface area contributed by atoms with E-state index < -0.39 is 29.9 Å². The predicted molar refractivity (Wildman–Crippen MR) is 120 cm³/mol. The molecule has 2 rings (SSSR count). The van der Waals surface area contributed by atoms with Gasteiger partial charge in [-0.25, -0.2) is 0 Å². The first-order chi connectivity index (χ1) is 14.6. The lowest BCUT2D eigenvalue weighted by Gasteiger charge is -2.33. The number of aliphatic hydroxyl groups is 3. The van der Waals surface area contributed by atoms with Crippen molar-refractivity contribution in [3.63, 3.8) is 0 Å². The molecule has 1 aromatic carbocycles. The van der Waals surface area contributed by atoms with Gasteiger partial charge in [-0.3, -0.25) is 4.79 Å². The molecular weight excluding hydrogens is 420 g/mol. The molecule has 0 saturated heterocycles. The van der Waals surface area contributed by atoms with Crippen molar-refractivity contribution in [3.05, 3.63) is 29.3 Å². The molecule has 1 fully saturated rings. The zero-order chi connectivity index (χ0) is 23.0. The first-order valence-electron chi connectivity index (χ1n) is 11.3. The van der Waals surface area contributed by atoms with Crippen molar-refractivity contribution in [1.29, 1.82) is 0 Å². The standard InChI is InChI=1S/C24H37ClO6/c1-24(2,31-17-9-7-8-16(25)14-17)22(28)13-12-19-18(20(26)15-21(19)27)10-5-3-4-6-11-23(29)30/h7-9,14,18-22,26-28H,3-6,10-13,15H2,1-2H3,(H,29,30). The van der Waals surface area contributed by atoms with Crippen LogP contribution in [0.2, 0.25) is 5.02 Å². The number of hydrogen-bond donors (Lipinski definition) is 4. The summed E-state index contributed by atoms with van der Waals surface area (Å²) in [6.07, 6.45) is 3.91. The molecule has 0 aromatic heterocycles. The molecule has 0 heterocycles. The fraction of sp³-hybridized carbons (Fsp3) is 0.708. The van der Waals surface area contributed by atoms with Crippen LogP contribution in [0.1, 0.15) is 71.6 Å². The van der Waals surface area contributed by atoms with Crippen molar-refractivity contribution in [2.24, 2.45) is 11.8 Å². The van der Waals surface area contributed by atoms with E-state index in [1.165, 1.54) is 0 Å². The van der Waals surface area contributed by atoms with Crippen LogP contribution >= 0.6 is 11.6 Å². The zero-order valence-electron chi connectivity index (χ0n) is 18.5. The molecule has 5 unspecified atom stereocenters. The van der Waals surface area contributed by atoms with Gasteiger partial charge in [0.1, 0.15) is 11.4 Å². The Kier molecular flexibility index (Phi) is 10.1. The molecule has 0 radical (unpaired) electrons. The van der Waals surface area contributed by atoms with Crippen molar-refractivity contribution < 1.29 is 30.0 Å². The normalized spacial score (nSPS) is 24.8. The van der Waals surface area contributed by atoms with E-state index in [9.17, 15) is 20.1 Å². The summed E-state index contributed by atoms with van der Waals surface area (Å²) in [6.45, 7) is 3.65. The SMILES string of the molecule is CC(C)(Oc1cccc(Cl)c1)C(O)CCC1C(O)CC(O)C1CCCCCCC(=O)O. The Bertz CT molecular complexity index is 694. The summed E-state index contributed by atoms with van der Waals surface area (Å²) in [5.41, 5.74) is -0.827. The molecule has 1 saturated carbocycles.